The van der Waals surface area contributed by atoms with Gasteiger partial charge in [0.25, 0.3) is 0 Å². The maximum atomic E-state index is 11.5. The van der Waals surface area contributed by atoms with Crippen LogP contribution in [0.1, 0.15) is 32.1 Å². The van der Waals surface area contributed by atoms with Crippen LogP contribution in [-0.2, 0) is 0 Å². The molecule has 0 aromatic carbocycles. The van der Waals surface area contributed by atoms with Crippen molar-refractivity contribution in [2.24, 2.45) is 5.92 Å². The third-order valence-corrected chi connectivity index (χ3v) is 3.40. The zero-order chi connectivity index (χ0) is 10.7. The summed E-state index contributed by atoms with van der Waals surface area (Å²) < 4.78 is 0. The molecule has 0 aromatic rings. The highest BCUT2D eigenvalue weighted by molar-refractivity contribution is 5.74. The number of aliphatic hydroxyl groups is 1. The van der Waals surface area contributed by atoms with Crippen molar-refractivity contribution >= 4 is 6.03 Å². The van der Waals surface area contributed by atoms with E-state index in [0.29, 0.717) is 5.92 Å². The van der Waals surface area contributed by atoms with Gasteiger partial charge in [0.1, 0.15) is 0 Å². The Hall–Kier alpha value is -0.770. The highest BCUT2D eigenvalue weighted by Crippen LogP contribution is 2.25. The number of hydrogen-bond acceptors (Lipinski definition) is 2. The fourth-order valence-electron chi connectivity index (χ4n) is 2.59. The first-order valence-electron chi connectivity index (χ1n) is 5.96. The summed E-state index contributed by atoms with van der Waals surface area (Å²) in [7, 11) is 0. The molecule has 2 rings (SSSR count). The third-order valence-electron chi connectivity index (χ3n) is 3.40. The number of carbonyl (C=O) groups excluding carboxylic acids is 1. The Bertz CT molecular complexity index is 233. The Morgan fingerprint density at radius 2 is 2.27 bits per heavy atom. The van der Waals surface area contributed by atoms with Gasteiger partial charge in [-0.2, -0.15) is 0 Å². The maximum absolute atomic E-state index is 11.5. The largest absolute Gasteiger partial charge is 0.393 e. The number of hydrogen-bond donors (Lipinski definition) is 2. The summed E-state index contributed by atoms with van der Waals surface area (Å²) in [4.78, 5) is 13.4. The molecular formula is C11H20N2O2. The average Bonchev–Trinajstić information content (AvgIpc) is 2.22. The fraction of sp³-hybridized carbons (Fsp3) is 0.909. The van der Waals surface area contributed by atoms with Crippen molar-refractivity contribution in [2.45, 2.75) is 38.2 Å². The molecule has 1 aliphatic carbocycles. The fourth-order valence-corrected chi connectivity index (χ4v) is 2.59. The monoisotopic (exact) mass is 212 g/mol. The smallest absolute Gasteiger partial charge is 0.317 e. The molecule has 0 radical (unpaired) electrons. The van der Waals surface area contributed by atoms with Gasteiger partial charge in [-0.05, 0) is 31.6 Å². The molecular weight excluding hydrogens is 192 g/mol. The minimum Gasteiger partial charge on any atom is -0.393 e. The van der Waals surface area contributed by atoms with E-state index in [9.17, 15) is 9.90 Å². The van der Waals surface area contributed by atoms with E-state index in [0.717, 1.165) is 51.7 Å². The molecule has 15 heavy (non-hydrogen) atoms. The first-order chi connectivity index (χ1) is 7.25. The Kier molecular flexibility index (Phi) is 3.46. The van der Waals surface area contributed by atoms with Gasteiger partial charge in [-0.1, -0.05) is 6.42 Å². The van der Waals surface area contributed by atoms with Gasteiger partial charge in [-0.25, -0.2) is 4.79 Å². The topological polar surface area (TPSA) is 52.6 Å². The van der Waals surface area contributed by atoms with Crippen LogP contribution in [0.4, 0.5) is 4.79 Å². The summed E-state index contributed by atoms with van der Waals surface area (Å²) in [6, 6.07) is 0.0707. The van der Waals surface area contributed by atoms with Crippen molar-refractivity contribution in [2.75, 3.05) is 19.6 Å². The SMILES string of the molecule is O=C1NCCCN1CC1CCCC(O)C1. The van der Waals surface area contributed by atoms with Gasteiger partial charge >= 0.3 is 6.03 Å². The van der Waals surface area contributed by atoms with Crippen molar-refractivity contribution in [1.29, 1.82) is 0 Å². The van der Waals surface area contributed by atoms with E-state index in [-0.39, 0.29) is 12.1 Å². The average molecular weight is 212 g/mol. The number of carbonyl (C=O) groups is 1. The van der Waals surface area contributed by atoms with Gasteiger partial charge in [0.2, 0.25) is 0 Å². The predicted molar refractivity (Wildman–Crippen MR) is 57.6 cm³/mol. The number of urea groups is 1. The molecule has 2 atom stereocenters. The number of amides is 2. The van der Waals surface area contributed by atoms with Gasteiger partial charge < -0.3 is 15.3 Å². The van der Waals surface area contributed by atoms with Crippen molar-refractivity contribution < 1.29 is 9.90 Å². The van der Waals surface area contributed by atoms with E-state index in [1.165, 1.54) is 0 Å². The van der Waals surface area contributed by atoms with E-state index in [4.69, 9.17) is 0 Å². The van der Waals surface area contributed by atoms with Gasteiger partial charge in [0.05, 0.1) is 6.10 Å². The number of nitrogens with one attached hydrogen (secondary N) is 1. The molecule has 2 fully saturated rings. The van der Waals surface area contributed by atoms with Crippen LogP contribution in [0.15, 0.2) is 0 Å². The molecule has 2 unspecified atom stereocenters. The summed E-state index contributed by atoms with van der Waals surface area (Å²) >= 11 is 0. The van der Waals surface area contributed by atoms with Crippen molar-refractivity contribution in [3.8, 4) is 0 Å². The van der Waals surface area contributed by atoms with Gasteiger partial charge in [-0.3, -0.25) is 0 Å². The van der Waals surface area contributed by atoms with Crippen LogP contribution in [0.5, 0.6) is 0 Å². The molecule has 2 amide bonds. The predicted octanol–water partition coefficient (Wildman–Crippen LogP) is 0.953. The second kappa shape index (κ2) is 4.84. The van der Waals surface area contributed by atoms with Crippen molar-refractivity contribution in [1.82, 2.24) is 10.2 Å². The van der Waals surface area contributed by atoms with E-state index >= 15 is 0 Å². The van der Waals surface area contributed by atoms with Gasteiger partial charge in [0.15, 0.2) is 0 Å². The molecule has 2 N–H and O–H groups in total. The zero-order valence-electron chi connectivity index (χ0n) is 9.11. The van der Waals surface area contributed by atoms with Crippen molar-refractivity contribution in [3.63, 3.8) is 0 Å². The molecule has 0 aromatic heterocycles. The van der Waals surface area contributed by atoms with Crippen LogP contribution in [0.3, 0.4) is 0 Å². The lowest BCUT2D eigenvalue weighted by Crippen LogP contribution is -2.48. The molecule has 1 saturated heterocycles. The molecule has 1 aliphatic heterocycles. The standard InChI is InChI=1S/C11H20N2O2/c14-10-4-1-3-9(7-10)8-13-6-2-5-12-11(13)15/h9-10,14H,1-8H2,(H,12,15). The summed E-state index contributed by atoms with van der Waals surface area (Å²) in [5.74, 6) is 0.498. The Balaban J connectivity index is 1.81. The summed E-state index contributed by atoms with van der Waals surface area (Å²) in [5.41, 5.74) is 0. The van der Waals surface area contributed by atoms with Crippen LogP contribution in [0.25, 0.3) is 0 Å². The summed E-state index contributed by atoms with van der Waals surface area (Å²) in [5, 5.41) is 12.4. The van der Waals surface area contributed by atoms with Gasteiger partial charge in [0, 0.05) is 19.6 Å². The molecule has 2 aliphatic rings. The van der Waals surface area contributed by atoms with E-state index < -0.39 is 0 Å². The van der Waals surface area contributed by atoms with Crippen LogP contribution in [0.2, 0.25) is 0 Å². The molecule has 86 valence electrons. The molecule has 1 saturated carbocycles. The lowest BCUT2D eigenvalue weighted by Gasteiger charge is -2.33. The maximum Gasteiger partial charge on any atom is 0.317 e. The number of rotatable bonds is 2. The first kappa shape index (κ1) is 10.7. The van der Waals surface area contributed by atoms with Gasteiger partial charge in [-0.15, -0.1) is 0 Å². The third kappa shape index (κ3) is 2.84. The van der Waals surface area contributed by atoms with Crippen LogP contribution in [0, 0.1) is 5.92 Å². The van der Waals surface area contributed by atoms with Crippen LogP contribution in [-0.4, -0.2) is 41.8 Å². The quantitative estimate of drug-likeness (QED) is 0.716. The molecule has 0 spiro atoms. The minimum atomic E-state index is -0.142. The molecule has 1 heterocycles. The van der Waals surface area contributed by atoms with E-state index in [2.05, 4.69) is 5.32 Å². The zero-order valence-corrected chi connectivity index (χ0v) is 9.11. The first-order valence-corrected chi connectivity index (χ1v) is 5.96. The normalized spacial score (nSPS) is 32.6. The lowest BCUT2D eigenvalue weighted by molar-refractivity contribution is 0.0858. The molecule has 0 bridgehead atoms. The van der Waals surface area contributed by atoms with E-state index in [1.54, 1.807) is 0 Å². The highest BCUT2D eigenvalue weighted by atomic mass is 16.3. The summed E-state index contributed by atoms with van der Waals surface area (Å²) in [6.07, 6.45) is 4.95. The highest BCUT2D eigenvalue weighted by Gasteiger charge is 2.25. The van der Waals surface area contributed by atoms with Crippen molar-refractivity contribution in [3.05, 3.63) is 0 Å². The van der Waals surface area contributed by atoms with E-state index in [1.807, 2.05) is 4.90 Å². The molecule has 4 nitrogen and oxygen atoms in total. The lowest BCUT2D eigenvalue weighted by atomic mass is 9.87. The number of aliphatic hydroxyl groups excluding tert-OH is 1. The van der Waals surface area contributed by atoms with Crippen LogP contribution < -0.4 is 5.32 Å². The Labute approximate surface area is 90.6 Å². The molecule has 4 heteroatoms. The number of nitrogens with zero attached hydrogens (tertiary/aromatic N) is 1. The summed E-state index contributed by atoms with van der Waals surface area (Å²) in [6.45, 7) is 2.50. The minimum absolute atomic E-state index is 0.0707. The Morgan fingerprint density at radius 1 is 1.40 bits per heavy atom. The van der Waals surface area contributed by atoms with Crippen LogP contribution >= 0.6 is 0 Å². The Morgan fingerprint density at radius 3 is 3.00 bits per heavy atom. The second-order valence-corrected chi connectivity index (χ2v) is 4.72. The second-order valence-electron chi connectivity index (χ2n) is 4.72.